The van der Waals surface area contributed by atoms with Crippen LogP contribution in [0.3, 0.4) is 0 Å². The molecule has 0 amide bonds. The van der Waals surface area contributed by atoms with Crippen LogP contribution in [0, 0.1) is 0 Å². The summed E-state index contributed by atoms with van der Waals surface area (Å²) in [6, 6.07) is 0. The maximum absolute atomic E-state index is 11.3. The Bertz CT molecular complexity index is 316. The second kappa shape index (κ2) is 2.77. The van der Waals surface area contributed by atoms with Crippen LogP contribution in [0.1, 0.15) is 33.5 Å². The third-order valence-corrected chi connectivity index (χ3v) is 1.63. The van der Waals surface area contributed by atoms with Crippen LogP contribution in [0.15, 0.2) is 4.79 Å². The molecule has 68 valence electrons. The third kappa shape index (κ3) is 1.57. The fraction of sp³-hybridized carbons (Fsp3) is 0.750. The average molecular weight is 169 g/mol. The minimum absolute atomic E-state index is 0.126. The van der Waals surface area contributed by atoms with E-state index in [1.165, 1.54) is 4.68 Å². The van der Waals surface area contributed by atoms with Crippen LogP contribution in [-0.2, 0) is 12.0 Å². The zero-order chi connectivity index (χ0) is 9.35. The summed E-state index contributed by atoms with van der Waals surface area (Å²) in [4.78, 5) is 14.0. The van der Waals surface area contributed by atoms with Gasteiger partial charge in [-0.1, -0.05) is 6.92 Å². The highest BCUT2D eigenvalue weighted by atomic mass is 16.2. The highest BCUT2D eigenvalue weighted by molar-refractivity contribution is 4.84. The first kappa shape index (κ1) is 9.03. The molecule has 4 heteroatoms. The molecule has 0 aliphatic carbocycles. The Kier molecular flexibility index (Phi) is 2.08. The molecule has 0 fully saturated rings. The number of aromatic nitrogens is 3. The molecule has 0 bridgehead atoms. The Labute approximate surface area is 71.6 Å². The van der Waals surface area contributed by atoms with Gasteiger partial charge < -0.3 is 0 Å². The normalized spacial score (nSPS) is 12.0. The Morgan fingerprint density at radius 2 is 2.08 bits per heavy atom. The van der Waals surface area contributed by atoms with Gasteiger partial charge in [0.05, 0.1) is 5.54 Å². The van der Waals surface area contributed by atoms with Gasteiger partial charge in [-0.2, -0.15) is 5.10 Å². The third-order valence-electron chi connectivity index (χ3n) is 1.63. The van der Waals surface area contributed by atoms with Crippen molar-refractivity contribution in [2.75, 3.05) is 0 Å². The highest BCUT2D eigenvalue weighted by Gasteiger charge is 2.17. The van der Waals surface area contributed by atoms with E-state index in [9.17, 15) is 4.79 Å². The largest absolute Gasteiger partial charge is 0.343 e. The van der Waals surface area contributed by atoms with E-state index < -0.39 is 0 Å². The van der Waals surface area contributed by atoms with Gasteiger partial charge in [-0.3, -0.25) is 4.98 Å². The molecule has 1 rings (SSSR count). The maximum atomic E-state index is 11.3. The summed E-state index contributed by atoms with van der Waals surface area (Å²) in [6.45, 7) is 7.82. The summed E-state index contributed by atoms with van der Waals surface area (Å²) in [5, 5.41) is 4.15. The molecule has 0 unspecified atom stereocenters. The van der Waals surface area contributed by atoms with Gasteiger partial charge in [-0.15, -0.1) is 0 Å². The lowest BCUT2D eigenvalue weighted by Gasteiger charge is -2.16. The minimum Gasteiger partial charge on any atom is -0.293 e. The van der Waals surface area contributed by atoms with Crippen LogP contribution >= 0.6 is 0 Å². The number of rotatable bonds is 1. The summed E-state index contributed by atoms with van der Waals surface area (Å²) in [6.07, 6.45) is 0.762. The zero-order valence-electron chi connectivity index (χ0n) is 8.01. The van der Waals surface area contributed by atoms with Crippen molar-refractivity contribution in [2.45, 2.75) is 39.7 Å². The van der Waals surface area contributed by atoms with Crippen LogP contribution in [0.5, 0.6) is 0 Å². The summed E-state index contributed by atoms with van der Waals surface area (Å²) in [5.74, 6) is 0.745. The van der Waals surface area contributed by atoms with Gasteiger partial charge >= 0.3 is 5.69 Å². The number of nitrogens with zero attached hydrogens (tertiary/aromatic N) is 2. The second-order valence-corrected chi connectivity index (χ2v) is 3.81. The molecule has 1 aromatic heterocycles. The van der Waals surface area contributed by atoms with Gasteiger partial charge in [0.1, 0.15) is 5.82 Å². The maximum Gasteiger partial charge on any atom is 0.343 e. The minimum atomic E-state index is -0.235. The molecule has 0 aliphatic heterocycles. The number of hydrogen-bond donors (Lipinski definition) is 1. The molecule has 0 saturated carbocycles. The molecule has 0 saturated heterocycles. The second-order valence-electron chi connectivity index (χ2n) is 3.81. The summed E-state index contributed by atoms with van der Waals surface area (Å²) < 4.78 is 1.48. The lowest BCUT2D eigenvalue weighted by Crippen LogP contribution is -2.33. The van der Waals surface area contributed by atoms with Gasteiger partial charge in [-0.25, -0.2) is 9.48 Å². The van der Waals surface area contributed by atoms with Crippen LogP contribution < -0.4 is 5.69 Å². The van der Waals surface area contributed by atoms with Crippen molar-refractivity contribution in [3.8, 4) is 0 Å². The van der Waals surface area contributed by atoms with E-state index in [1.807, 2.05) is 27.7 Å². The van der Waals surface area contributed by atoms with Crippen molar-refractivity contribution in [3.63, 3.8) is 0 Å². The van der Waals surface area contributed by atoms with Crippen molar-refractivity contribution in [3.05, 3.63) is 16.3 Å². The Morgan fingerprint density at radius 1 is 1.50 bits per heavy atom. The Hall–Kier alpha value is -1.06. The average Bonchev–Trinajstić information content (AvgIpc) is 2.29. The van der Waals surface area contributed by atoms with E-state index in [4.69, 9.17) is 0 Å². The number of aryl methyl sites for hydroxylation is 1. The predicted molar refractivity (Wildman–Crippen MR) is 47.2 cm³/mol. The van der Waals surface area contributed by atoms with Gasteiger partial charge in [-0.05, 0) is 20.8 Å². The van der Waals surface area contributed by atoms with E-state index in [2.05, 4.69) is 10.1 Å². The Balaban J connectivity index is 3.17. The summed E-state index contributed by atoms with van der Waals surface area (Å²) >= 11 is 0. The van der Waals surface area contributed by atoms with E-state index >= 15 is 0 Å². The zero-order valence-corrected chi connectivity index (χ0v) is 8.01. The molecule has 4 nitrogen and oxygen atoms in total. The van der Waals surface area contributed by atoms with E-state index in [0.717, 1.165) is 12.2 Å². The van der Waals surface area contributed by atoms with E-state index in [0.29, 0.717) is 0 Å². The standard InChI is InChI=1S/C8H15N3O/c1-5-6-9-7(12)11(10-6)8(2,3)4/h5H2,1-4H3,(H,9,10,12). The molecule has 1 heterocycles. The van der Waals surface area contributed by atoms with E-state index in [-0.39, 0.29) is 11.2 Å². The monoisotopic (exact) mass is 169 g/mol. The number of aromatic amines is 1. The fourth-order valence-corrected chi connectivity index (χ4v) is 0.981. The van der Waals surface area contributed by atoms with Crippen molar-refractivity contribution in [1.29, 1.82) is 0 Å². The van der Waals surface area contributed by atoms with Crippen molar-refractivity contribution in [2.24, 2.45) is 0 Å². The Morgan fingerprint density at radius 3 is 2.33 bits per heavy atom. The quantitative estimate of drug-likeness (QED) is 0.678. The summed E-state index contributed by atoms with van der Waals surface area (Å²) in [7, 11) is 0. The SMILES string of the molecule is CCc1nn(C(C)(C)C)c(=O)[nH]1. The molecule has 0 aliphatic rings. The highest BCUT2D eigenvalue weighted by Crippen LogP contribution is 2.08. The van der Waals surface area contributed by atoms with Crippen molar-refractivity contribution < 1.29 is 0 Å². The first-order valence-electron chi connectivity index (χ1n) is 4.14. The van der Waals surface area contributed by atoms with Crippen LogP contribution in [0.2, 0.25) is 0 Å². The lowest BCUT2D eigenvalue weighted by atomic mass is 10.1. The molecule has 0 atom stereocenters. The van der Waals surface area contributed by atoms with Crippen molar-refractivity contribution >= 4 is 0 Å². The molecule has 12 heavy (non-hydrogen) atoms. The molecule has 1 aromatic rings. The lowest BCUT2D eigenvalue weighted by molar-refractivity contribution is 0.342. The molecule has 0 aromatic carbocycles. The fourth-order valence-electron chi connectivity index (χ4n) is 0.981. The predicted octanol–water partition coefficient (Wildman–Crippen LogP) is 0.889. The number of hydrogen-bond acceptors (Lipinski definition) is 2. The molecular weight excluding hydrogens is 154 g/mol. The van der Waals surface area contributed by atoms with E-state index in [1.54, 1.807) is 0 Å². The van der Waals surface area contributed by atoms with Crippen LogP contribution in [-0.4, -0.2) is 14.8 Å². The van der Waals surface area contributed by atoms with Crippen LogP contribution in [0.25, 0.3) is 0 Å². The smallest absolute Gasteiger partial charge is 0.293 e. The molecule has 0 spiro atoms. The van der Waals surface area contributed by atoms with Gasteiger partial charge in [0.25, 0.3) is 0 Å². The van der Waals surface area contributed by atoms with Gasteiger partial charge in [0.15, 0.2) is 0 Å². The molecular formula is C8H15N3O. The molecule has 0 radical (unpaired) electrons. The first-order chi connectivity index (χ1) is 5.45. The topological polar surface area (TPSA) is 50.7 Å². The summed E-state index contributed by atoms with van der Waals surface area (Å²) in [5.41, 5.74) is -0.361. The first-order valence-corrected chi connectivity index (χ1v) is 4.14. The van der Waals surface area contributed by atoms with Gasteiger partial charge in [0.2, 0.25) is 0 Å². The van der Waals surface area contributed by atoms with Crippen molar-refractivity contribution in [1.82, 2.24) is 14.8 Å². The molecule has 1 N–H and O–H groups in total. The van der Waals surface area contributed by atoms with Crippen LogP contribution in [0.4, 0.5) is 0 Å². The van der Waals surface area contributed by atoms with Gasteiger partial charge in [0, 0.05) is 6.42 Å². The number of H-pyrrole nitrogens is 1. The number of nitrogens with one attached hydrogen (secondary N) is 1.